The molecular formula is C9H6N4O2S. The van der Waals surface area contributed by atoms with Crippen LogP contribution in [0.4, 0.5) is 0 Å². The van der Waals surface area contributed by atoms with E-state index in [4.69, 9.17) is 5.53 Å². The summed E-state index contributed by atoms with van der Waals surface area (Å²) in [5.74, 6) is 0. The van der Waals surface area contributed by atoms with E-state index in [1.807, 2.05) is 0 Å². The fraction of sp³-hybridized carbons (Fsp3) is 0. The number of hydrogen-bond acceptors (Lipinski definition) is 3. The zero-order valence-electron chi connectivity index (χ0n) is 7.98. The van der Waals surface area contributed by atoms with Crippen LogP contribution in [0.15, 0.2) is 45.9 Å². The van der Waals surface area contributed by atoms with Crippen LogP contribution in [0.1, 0.15) is 0 Å². The molecule has 1 aromatic heterocycles. The molecule has 16 heavy (non-hydrogen) atoms. The Morgan fingerprint density at radius 1 is 1.31 bits per heavy atom. The molecule has 0 N–H and O–H groups in total. The van der Waals surface area contributed by atoms with Gasteiger partial charge in [0.2, 0.25) is 0 Å². The summed E-state index contributed by atoms with van der Waals surface area (Å²) < 4.78 is 25.6. The van der Waals surface area contributed by atoms with Crippen LogP contribution in [0.3, 0.4) is 0 Å². The zero-order chi connectivity index (χ0) is 11.6. The summed E-state index contributed by atoms with van der Waals surface area (Å²) in [5, 5.41) is 0.678. The maximum atomic E-state index is 11.4. The van der Waals surface area contributed by atoms with Crippen LogP contribution in [0.2, 0.25) is 0 Å². The molecule has 0 fully saturated rings. The first-order valence-electron chi connectivity index (χ1n) is 4.30. The molecule has 2 aromatic rings. The quantitative estimate of drug-likeness (QED) is 0.452. The zero-order valence-corrected chi connectivity index (χ0v) is 8.79. The van der Waals surface area contributed by atoms with Crippen molar-refractivity contribution in [3.8, 4) is 0 Å². The van der Waals surface area contributed by atoms with Gasteiger partial charge in [0.1, 0.15) is 0 Å². The SMILES string of the molecule is [N-]=[N+]=NS(=O)(=O)c1cnc2ccccc2c1. The molecule has 7 heteroatoms. The highest BCUT2D eigenvalue weighted by Gasteiger charge is 2.12. The van der Waals surface area contributed by atoms with Crippen molar-refractivity contribution in [3.05, 3.63) is 47.0 Å². The number of azide groups is 1. The summed E-state index contributed by atoms with van der Waals surface area (Å²) in [7, 11) is -3.96. The minimum Gasteiger partial charge on any atom is -0.255 e. The van der Waals surface area contributed by atoms with Crippen molar-refractivity contribution in [2.24, 2.45) is 4.52 Å². The van der Waals surface area contributed by atoms with Gasteiger partial charge >= 0.3 is 0 Å². The number of fused-ring (bicyclic) bond motifs is 1. The Kier molecular flexibility index (Phi) is 2.47. The van der Waals surface area contributed by atoms with Crippen molar-refractivity contribution in [2.75, 3.05) is 0 Å². The summed E-state index contributed by atoms with van der Waals surface area (Å²) >= 11 is 0. The summed E-state index contributed by atoms with van der Waals surface area (Å²) in [5.41, 5.74) is 8.82. The third kappa shape index (κ3) is 1.81. The van der Waals surface area contributed by atoms with E-state index in [-0.39, 0.29) is 4.90 Å². The number of para-hydroxylation sites is 1. The summed E-state index contributed by atoms with van der Waals surface area (Å²) in [6.07, 6.45) is 1.17. The van der Waals surface area contributed by atoms with Crippen molar-refractivity contribution < 1.29 is 8.42 Å². The Hall–Kier alpha value is -2.11. The third-order valence-corrected chi connectivity index (χ3v) is 3.11. The van der Waals surface area contributed by atoms with Gasteiger partial charge in [-0.25, -0.2) is 8.42 Å². The second-order valence-corrected chi connectivity index (χ2v) is 4.59. The minimum atomic E-state index is -3.96. The minimum absolute atomic E-state index is 0.107. The highest BCUT2D eigenvalue weighted by atomic mass is 32.2. The lowest BCUT2D eigenvalue weighted by Gasteiger charge is -1.99. The second kappa shape index (κ2) is 3.80. The molecule has 0 amide bonds. The van der Waals surface area contributed by atoms with E-state index in [1.165, 1.54) is 12.3 Å². The fourth-order valence-corrected chi connectivity index (χ4v) is 1.94. The average Bonchev–Trinajstić information content (AvgIpc) is 2.28. The number of nitrogens with zero attached hydrogens (tertiary/aromatic N) is 4. The lowest BCUT2D eigenvalue weighted by molar-refractivity contribution is 0.597. The van der Waals surface area contributed by atoms with Crippen LogP contribution in [0.25, 0.3) is 21.3 Å². The molecule has 0 aliphatic carbocycles. The molecule has 1 aromatic carbocycles. The molecule has 0 radical (unpaired) electrons. The Morgan fingerprint density at radius 3 is 2.81 bits per heavy atom. The van der Waals surface area contributed by atoms with Crippen LogP contribution in [0, 0.1) is 0 Å². The maximum absolute atomic E-state index is 11.4. The largest absolute Gasteiger partial charge is 0.265 e. The number of sulfonamides is 1. The number of benzene rings is 1. The maximum Gasteiger partial charge on any atom is 0.265 e. The van der Waals surface area contributed by atoms with E-state index in [0.29, 0.717) is 10.9 Å². The van der Waals surface area contributed by atoms with Gasteiger partial charge in [0, 0.05) is 21.0 Å². The molecule has 0 atom stereocenters. The molecule has 0 saturated heterocycles. The number of aromatic nitrogens is 1. The van der Waals surface area contributed by atoms with Gasteiger partial charge in [-0.2, -0.15) is 0 Å². The molecule has 2 rings (SSSR count). The predicted molar refractivity (Wildman–Crippen MR) is 58.1 cm³/mol. The van der Waals surface area contributed by atoms with E-state index in [0.717, 1.165) is 0 Å². The molecule has 1 heterocycles. The van der Waals surface area contributed by atoms with Gasteiger partial charge in [-0.1, -0.05) is 18.2 Å². The predicted octanol–water partition coefficient (Wildman–Crippen LogP) is 2.23. The fourth-order valence-electron chi connectivity index (χ4n) is 1.29. The Morgan fingerprint density at radius 2 is 2.06 bits per heavy atom. The van der Waals surface area contributed by atoms with Gasteiger partial charge in [-0.3, -0.25) is 4.98 Å². The van der Waals surface area contributed by atoms with Gasteiger partial charge < -0.3 is 0 Å². The highest BCUT2D eigenvalue weighted by Crippen LogP contribution is 2.17. The van der Waals surface area contributed by atoms with E-state index < -0.39 is 10.0 Å². The summed E-state index contributed by atoms with van der Waals surface area (Å²) in [4.78, 5) is 6.13. The smallest absolute Gasteiger partial charge is 0.255 e. The molecule has 0 spiro atoms. The number of hydrogen-bond donors (Lipinski definition) is 0. The highest BCUT2D eigenvalue weighted by molar-refractivity contribution is 7.90. The monoisotopic (exact) mass is 234 g/mol. The first-order valence-corrected chi connectivity index (χ1v) is 5.74. The standard InChI is InChI=1S/C9H6N4O2S/c10-12-13-16(14,15)8-5-7-3-1-2-4-9(7)11-6-8/h1-6H. The van der Waals surface area contributed by atoms with Crippen molar-refractivity contribution in [2.45, 2.75) is 4.90 Å². The molecule has 0 aliphatic rings. The average molecular weight is 234 g/mol. The van der Waals surface area contributed by atoms with E-state index in [1.54, 1.807) is 24.3 Å². The molecule has 0 unspecified atom stereocenters. The summed E-state index contributed by atoms with van der Waals surface area (Å²) in [6.45, 7) is 0. The Bertz CT molecular complexity index is 689. The molecular weight excluding hydrogens is 228 g/mol. The molecule has 0 aliphatic heterocycles. The van der Waals surface area contributed by atoms with E-state index in [2.05, 4.69) is 14.4 Å². The first-order chi connectivity index (χ1) is 7.63. The lowest BCUT2D eigenvalue weighted by Crippen LogP contribution is -1.96. The topological polar surface area (TPSA) is 95.8 Å². The Labute approximate surface area is 91.2 Å². The van der Waals surface area contributed by atoms with Gasteiger partial charge in [0.25, 0.3) is 10.0 Å². The summed E-state index contributed by atoms with van der Waals surface area (Å²) in [6, 6.07) is 8.49. The normalized spacial score (nSPS) is 11.0. The molecule has 0 bridgehead atoms. The second-order valence-electron chi connectivity index (χ2n) is 3.01. The van der Waals surface area contributed by atoms with Crippen molar-refractivity contribution in [1.82, 2.24) is 4.98 Å². The van der Waals surface area contributed by atoms with Crippen LogP contribution < -0.4 is 0 Å². The van der Waals surface area contributed by atoms with Crippen molar-refractivity contribution in [3.63, 3.8) is 0 Å². The van der Waals surface area contributed by atoms with Gasteiger partial charge in [0.15, 0.2) is 0 Å². The number of rotatable bonds is 2. The van der Waals surface area contributed by atoms with Crippen LogP contribution >= 0.6 is 0 Å². The molecule has 0 saturated carbocycles. The molecule has 80 valence electrons. The number of pyridine rings is 1. The Balaban J connectivity index is 2.69. The van der Waals surface area contributed by atoms with Crippen molar-refractivity contribution in [1.29, 1.82) is 0 Å². The van der Waals surface area contributed by atoms with Crippen LogP contribution in [-0.2, 0) is 10.0 Å². The van der Waals surface area contributed by atoms with Crippen LogP contribution in [0.5, 0.6) is 0 Å². The van der Waals surface area contributed by atoms with Gasteiger partial charge in [0.05, 0.1) is 10.4 Å². The van der Waals surface area contributed by atoms with Gasteiger partial charge in [-0.05, 0) is 17.7 Å². The van der Waals surface area contributed by atoms with Crippen LogP contribution in [-0.4, -0.2) is 13.4 Å². The van der Waals surface area contributed by atoms with E-state index in [9.17, 15) is 8.42 Å². The molecule has 6 nitrogen and oxygen atoms in total. The van der Waals surface area contributed by atoms with Gasteiger partial charge in [-0.15, -0.1) is 0 Å². The third-order valence-electron chi connectivity index (χ3n) is 2.01. The lowest BCUT2D eigenvalue weighted by atomic mass is 10.2. The van der Waals surface area contributed by atoms with E-state index >= 15 is 0 Å². The first kappa shape index (κ1) is 10.4. The van der Waals surface area contributed by atoms with Crippen molar-refractivity contribution >= 4 is 20.9 Å².